The summed E-state index contributed by atoms with van der Waals surface area (Å²) in [6.07, 6.45) is 0.563. The number of carbonyl (C=O) groups excluding carboxylic acids is 1. The van der Waals surface area contributed by atoms with E-state index >= 15 is 0 Å². The van der Waals surface area contributed by atoms with Crippen molar-refractivity contribution in [3.05, 3.63) is 33.4 Å². The molecule has 0 unspecified atom stereocenters. The molecule has 0 heterocycles. The molecule has 0 saturated heterocycles. The molecule has 20 heavy (non-hydrogen) atoms. The Hall–Kier alpha value is -2.90. The van der Waals surface area contributed by atoms with E-state index in [2.05, 4.69) is 0 Å². The quantitative estimate of drug-likeness (QED) is 0.321. The van der Waals surface area contributed by atoms with Gasteiger partial charge in [0.05, 0.1) is 11.3 Å². The fraction of sp³-hybridized carbons (Fsp3) is 0.167. The second kappa shape index (κ2) is 5.83. The summed E-state index contributed by atoms with van der Waals surface area (Å²) in [6.45, 7) is 1.16. The summed E-state index contributed by atoms with van der Waals surface area (Å²) in [6, 6.07) is 1.92. The third kappa shape index (κ3) is 3.55. The van der Waals surface area contributed by atoms with E-state index in [1.165, 1.54) is 0 Å². The topological polar surface area (TPSA) is 138 Å². The van der Waals surface area contributed by atoms with Crippen LogP contribution in [0.4, 0.5) is 5.69 Å². The molecule has 0 bridgehead atoms. The predicted octanol–water partition coefficient (Wildman–Crippen LogP) is 1.45. The smallest absolute Gasteiger partial charge is 0.315 e. The third-order valence-corrected chi connectivity index (χ3v) is 2.42. The average Bonchev–Trinajstić information content (AvgIpc) is 2.31. The van der Waals surface area contributed by atoms with Gasteiger partial charge in [0.2, 0.25) is 5.75 Å². The van der Waals surface area contributed by atoms with Crippen molar-refractivity contribution >= 4 is 23.5 Å². The fourth-order valence-electron chi connectivity index (χ4n) is 1.49. The zero-order valence-corrected chi connectivity index (χ0v) is 10.4. The highest BCUT2D eigenvalue weighted by Crippen LogP contribution is 2.36. The molecule has 0 fully saturated rings. The number of Topliss-reactive ketones (excluding diaryl/α,β-unsaturated/α-hetero) is 1. The van der Waals surface area contributed by atoms with Crippen LogP contribution in [-0.4, -0.2) is 32.0 Å². The van der Waals surface area contributed by atoms with E-state index in [0.717, 1.165) is 25.1 Å². The number of phenolic OH excluding ortho intramolecular Hbond substituents is 2. The lowest BCUT2D eigenvalue weighted by Crippen LogP contribution is -2.04. The van der Waals surface area contributed by atoms with Crippen LogP contribution >= 0.6 is 0 Å². The summed E-state index contributed by atoms with van der Waals surface area (Å²) in [7, 11) is 0. The number of phenols is 2. The molecule has 0 radical (unpaired) electrons. The Kier molecular flexibility index (Phi) is 4.42. The second-order valence-corrected chi connectivity index (χ2v) is 3.96. The standard InChI is InChI=1S/C12H11NO7/c1-6(14)8(5-11(16)17)2-7-3-9(13(19)20)12(18)10(15)4-7/h2-4,15,18H,5H2,1H3,(H,16,17). The number of carbonyl (C=O) groups is 2. The van der Waals surface area contributed by atoms with Crippen molar-refractivity contribution in [3.8, 4) is 11.5 Å². The monoisotopic (exact) mass is 281 g/mol. The van der Waals surface area contributed by atoms with Gasteiger partial charge >= 0.3 is 11.7 Å². The molecular formula is C12H11NO7. The van der Waals surface area contributed by atoms with E-state index < -0.39 is 40.3 Å². The number of carboxylic acid groups (broad SMARTS) is 1. The summed E-state index contributed by atoms with van der Waals surface area (Å²) in [5.74, 6) is -3.37. The molecule has 8 heteroatoms. The van der Waals surface area contributed by atoms with Crippen LogP contribution in [0, 0.1) is 10.1 Å². The normalized spacial score (nSPS) is 11.2. The molecule has 1 aromatic carbocycles. The number of benzene rings is 1. The fourth-order valence-corrected chi connectivity index (χ4v) is 1.49. The highest BCUT2D eigenvalue weighted by Gasteiger charge is 2.19. The van der Waals surface area contributed by atoms with Crippen molar-refractivity contribution in [3.63, 3.8) is 0 Å². The Morgan fingerprint density at radius 2 is 1.95 bits per heavy atom. The maximum Gasteiger partial charge on any atom is 0.315 e. The molecule has 0 aliphatic rings. The lowest BCUT2D eigenvalue weighted by atomic mass is 10.0. The van der Waals surface area contributed by atoms with Crippen LogP contribution in [-0.2, 0) is 9.59 Å². The predicted molar refractivity (Wildman–Crippen MR) is 67.3 cm³/mol. The molecule has 0 spiro atoms. The highest BCUT2D eigenvalue weighted by molar-refractivity contribution is 6.01. The third-order valence-electron chi connectivity index (χ3n) is 2.42. The number of nitro groups is 1. The van der Waals surface area contributed by atoms with E-state index in [1.807, 2.05) is 0 Å². The number of aromatic hydroxyl groups is 2. The van der Waals surface area contributed by atoms with Crippen LogP contribution in [0.15, 0.2) is 17.7 Å². The zero-order valence-electron chi connectivity index (χ0n) is 10.4. The van der Waals surface area contributed by atoms with Gasteiger partial charge in [-0.25, -0.2) is 0 Å². The van der Waals surface area contributed by atoms with Crippen molar-refractivity contribution in [2.45, 2.75) is 13.3 Å². The van der Waals surface area contributed by atoms with Gasteiger partial charge in [0.25, 0.3) is 0 Å². The molecule has 0 aliphatic carbocycles. The first-order valence-corrected chi connectivity index (χ1v) is 5.36. The second-order valence-electron chi connectivity index (χ2n) is 3.96. The lowest BCUT2D eigenvalue weighted by Gasteiger charge is -2.03. The molecule has 3 N–H and O–H groups in total. The summed E-state index contributed by atoms with van der Waals surface area (Å²) >= 11 is 0. The summed E-state index contributed by atoms with van der Waals surface area (Å²) in [4.78, 5) is 31.7. The first-order chi connectivity index (χ1) is 9.22. The Morgan fingerprint density at radius 3 is 2.40 bits per heavy atom. The van der Waals surface area contributed by atoms with Crippen LogP contribution < -0.4 is 0 Å². The summed E-state index contributed by atoms with van der Waals surface area (Å²) in [5.41, 5.74) is -0.787. The number of carboxylic acids is 1. The molecule has 0 aliphatic heterocycles. The average molecular weight is 281 g/mol. The SMILES string of the molecule is CC(=O)C(=Cc1cc(O)c(O)c([N+](=O)[O-])c1)CC(=O)O. The minimum absolute atomic E-state index is 0.0402. The first-order valence-electron chi connectivity index (χ1n) is 5.36. The number of aliphatic carboxylic acids is 1. The van der Waals surface area contributed by atoms with Gasteiger partial charge in [-0.1, -0.05) is 0 Å². The maximum absolute atomic E-state index is 11.3. The van der Waals surface area contributed by atoms with E-state index in [9.17, 15) is 29.9 Å². The van der Waals surface area contributed by atoms with Crippen LogP contribution in [0.3, 0.4) is 0 Å². The van der Waals surface area contributed by atoms with Crippen LogP contribution in [0.2, 0.25) is 0 Å². The number of hydrogen-bond donors (Lipinski definition) is 3. The number of nitrogens with zero attached hydrogens (tertiary/aromatic N) is 1. The van der Waals surface area contributed by atoms with Gasteiger partial charge in [-0.05, 0) is 24.6 Å². The van der Waals surface area contributed by atoms with Crippen molar-refractivity contribution in [1.82, 2.24) is 0 Å². The van der Waals surface area contributed by atoms with Crippen LogP contribution in [0.5, 0.6) is 11.5 Å². The number of nitro benzene ring substituents is 1. The van der Waals surface area contributed by atoms with E-state index in [1.54, 1.807) is 0 Å². The number of hydrogen-bond acceptors (Lipinski definition) is 6. The number of ketones is 1. The summed E-state index contributed by atoms with van der Waals surface area (Å²) < 4.78 is 0. The first kappa shape index (κ1) is 15.2. The largest absolute Gasteiger partial charge is 0.504 e. The number of rotatable bonds is 5. The van der Waals surface area contributed by atoms with Gasteiger partial charge in [-0.15, -0.1) is 0 Å². The van der Waals surface area contributed by atoms with Gasteiger partial charge in [-0.2, -0.15) is 0 Å². The maximum atomic E-state index is 11.3. The van der Waals surface area contributed by atoms with E-state index in [0.29, 0.717) is 0 Å². The van der Waals surface area contributed by atoms with Crippen molar-refractivity contribution in [2.24, 2.45) is 0 Å². The minimum atomic E-state index is -1.23. The van der Waals surface area contributed by atoms with Gasteiger partial charge < -0.3 is 15.3 Å². The van der Waals surface area contributed by atoms with Crippen molar-refractivity contribution < 1.29 is 29.8 Å². The van der Waals surface area contributed by atoms with Gasteiger partial charge in [-0.3, -0.25) is 19.7 Å². The van der Waals surface area contributed by atoms with E-state index in [4.69, 9.17) is 5.11 Å². The molecule has 1 rings (SSSR count). The minimum Gasteiger partial charge on any atom is -0.504 e. The van der Waals surface area contributed by atoms with Crippen LogP contribution in [0.25, 0.3) is 6.08 Å². The van der Waals surface area contributed by atoms with Gasteiger partial charge in [0.1, 0.15) is 0 Å². The zero-order chi connectivity index (χ0) is 15.4. The van der Waals surface area contributed by atoms with E-state index in [-0.39, 0.29) is 11.1 Å². The molecular weight excluding hydrogens is 270 g/mol. The molecule has 106 valence electrons. The Labute approximate surface area is 112 Å². The lowest BCUT2D eigenvalue weighted by molar-refractivity contribution is -0.386. The Balaban J connectivity index is 3.35. The summed E-state index contributed by atoms with van der Waals surface area (Å²) in [5, 5.41) is 38.0. The molecule has 8 nitrogen and oxygen atoms in total. The van der Waals surface area contributed by atoms with Gasteiger partial charge in [0.15, 0.2) is 11.5 Å². The molecule has 0 saturated carbocycles. The van der Waals surface area contributed by atoms with Crippen molar-refractivity contribution in [1.29, 1.82) is 0 Å². The molecule has 0 aromatic heterocycles. The molecule has 0 atom stereocenters. The molecule has 0 amide bonds. The van der Waals surface area contributed by atoms with Gasteiger partial charge in [0, 0.05) is 11.6 Å². The Morgan fingerprint density at radius 1 is 1.35 bits per heavy atom. The van der Waals surface area contributed by atoms with Crippen molar-refractivity contribution in [2.75, 3.05) is 0 Å². The highest BCUT2D eigenvalue weighted by atomic mass is 16.6. The Bertz CT molecular complexity index is 618. The molecule has 1 aromatic rings. The van der Waals surface area contributed by atoms with Crippen LogP contribution in [0.1, 0.15) is 18.9 Å².